The highest BCUT2D eigenvalue weighted by Crippen LogP contribution is 2.51. The Kier molecular flexibility index (Phi) is 4.14. The highest BCUT2D eigenvalue weighted by atomic mass is 16.5. The first-order valence-electron chi connectivity index (χ1n) is 6.12. The summed E-state index contributed by atoms with van der Waals surface area (Å²) in [6.07, 6.45) is 0.357. The van der Waals surface area contributed by atoms with E-state index in [9.17, 15) is 14.4 Å². The highest BCUT2D eigenvalue weighted by Gasteiger charge is 2.70. The molecule has 1 aliphatic rings. The molecule has 3 unspecified atom stereocenters. The van der Waals surface area contributed by atoms with E-state index in [-0.39, 0.29) is 12.8 Å². The summed E-state index contributed by atoms with van der Waals surface area (Å²) in [6.45, 7) is 2.91. The van der Waals surface area contributed by atoms with Crippen LogP contribution in [0.1, 0.15) is 26.7 Å². The van der Waals surface area contributed by atoms with Gasteiger partial charge in [0, 0.05) is 0 Å². The summed E-state index contributed by atoms with van der Waals surface area (Å²) >= 11 is 0. The lowest BCUT2D eigenvalue weighted by Gasteiger charge is -2.53. The van der Waals surface area contributed by atoms with Gasteiger partial charge in [0.1, 0.15) is 11.0 Å². The van der Waals surface area contributed by atoms with Crippen LogP contribution in [-0.2, 0) is 19.1 Å². The van der Waals surface area contributed by atoms with E-state index in [0.717, 1.165) is 7.11 Å². The fourth-order valence-corrected chi connectivity index (χ4v) is 2.69. The van der Waals surface area contributed by atoms with Gasteiger partial charge in [-0.25, -0.2) is 0 Å². The average Bonchev–Trinajstić information content (AvgIpc) is 2.35. The number of nitrogens with two attached hydrogens (primary N) is 3. The molecule has 0 aromatic carbocycles. The second-order valence-electron chi connectivity index (χ2n) is 5.17. The third-order valence-corrected chi connectivity index (χ3v) is 3.87. The lowest BCUT2D eigenvalue weighted by atomic mass is 9.49. The fraction of sp³-hybridized carbons (Fsp3) is 0.750. The number of ketones is 2. The van der Waals surface area contributed by atoms with Crippen molar-refractivity contribution in [3.63, 3.8) is 0 Å². The molecular weight excluding hydrogens is 250 g/mol. The van der Waals surface area contributed by atoms with Crippen molar-refractivity contribution in [2.45, 2.75) is 44.3 Å². The van der Waals surface area contributed by atoms with Crippen LogP contribution in [0.4, 0.5) is 0 Å². The Hall–Kier alpha value is -1.31. The molecule has 1 aliphatic carbocycles. The largest absolute Gasteiger partial charge is 0.468 e. The Morgan fingerprint density at radius 3 is 1.68 bits per heavy atom. The molecule has 7 nitrogen and oxygen atoms in total. The maximum atomic E-state index is 12.3. The zero-order valence-corrected chi connectivity index (χ0v) is 11.4. The first-order chi connectivity index (χ1) is 8.65. The molecular formula is C12H21N3O4. The molecule has 0 aromatic heterocycles. The van der Waals surface area contributed by atoms with Crippen LogP contribution in [0, 0.1) is 5.41 Å². The Morgan fingerprint density at radius 1 is 1.05 bits per heavy atom. The van der Waals surface area contributed by atoms with Crippen LogP contribution in [0.5, 0.6) is 0 Å². The minimum Gasteiger partial charge on any atom is -0.468 e. The van der Waals surface area contributed by atoms with Crippen molar-refractivity contribution in [1.82, 2.24) is 0 Å². The van der Waals surface area contributed by atoms with Crippen molar-refractivity contribution in [2.75, 3.05) is 7.11 Å². The number of ether oxygens (including phenoxy) is 1. The van der Waals surface area contributed by atoms with Gasteiger partial charge >= 0.3 is 5.97 Å². The first-order valence-corrected chi connectivity index (χ1v) is 6.12. The highest BCUT2D eigenvalue weighted by molar-refractivity contribution is 6.17. The van der Waals surface area contributed by atoms with E-state index >= 15 is 0 Å². The second kappa shape index (κ2) is 4.99. The Morgan fingerprint density at radius 2 is 1.47 bits per heavy atom. The van der Waals surface area contributed by atoms with E-state index in [2.05, 4.69) is 4.74 Å². The van der Waals surface area contributed by atoms with Crippen molar-refractivity contribution >= 4 is 17.5 Å². The van der Waals surface area contributed by atoms with Crippen molar-refractivity contribution in [2.24, 2.45) is 22.6 Å². The van der Waals surface area contributed by atoms with Crippen molar-refractivity contribution in [3.8, 4) is 0 Å². The lowest BCUT2D eigenvalue weighted by Crippen LogP contribution is -2.77. The zero-order chi connectivity index (χ0) is 15.0. The number of Topliss-reactive ketones (excluding diaryl/α,β-unsaturated/α-hetero) is 2. The molecule has 0 bridgehead atoms. The summed E-state index contributed by atoms with van der Waals surface area (Å²) in [7, 11) is 1.16. The van der Waals surface area contributed by atoms with Crippen LogP contribution >= 0.6 is 0 Å². The van der Waals surface area contributed by atoms with Crippen LogP contribution in [0.25, 0.3) is 0 Å². The molecule has 0 spiro atoms. The Bertz CT molecular complexity index is 399. The third kappa shape index (κ3) is 1.98. The van der Waals surface area contributed by atoms with Gasteiger partial charge in [-0.05, 0) is 26.7 Å². The lowest BCUT2D eigenvalue weighted by molar-refractivity contribution is -0.174. The van der Waals surface area contributed by atoms with Crippen LogP contribution < -0.4 is 17.2 Å². The van der Waals surface area contributed by atoms with E-state index in [0.29, 0.717) is 0 Å². The van der Waals surface area contributed by atoms with Crippen LogP contribution in [-0.4, -0.2) is 42.3 Å². The average molecular weight is 271 g/mol. The molecule has 1 fully saturated rings. The minimum atomic E-state index is -1.67. The van der Waals surface area contributed by atoms with Crippen LogP contribution in [0.15, 0.2) is 0 Å². The van der Waals surface area contributed by atoms with Gasteiger partial charge in [0.05, 0.1) is 19.2 Å². The van der Waals surface area contributed by atoms with Gasteiger partial charge in [-0.1, -0.05) is 0 Å². The molecule has 6 N–H and O–H groups in total. The van der Waals surface area contributed by atoms with Gasteiger partial charge in [-0.2, -0.15) is 0 Å². The van der Waals surface area contributed by atoms with Crippen molar-refractivity contribution < 1.29 is 19.1 Å². The summed E-state index contributed by atoms with van der Waals surface area (Å²) in [5, 5.41) is 0. The van der Waals surface area contributed by atoms with Crippen molar-refractivity contribution in [1.29, 1.82) is 0 Å². The van der Waals surface area contributed by atoms with Crippen molar-refractivity contribution in [3.05, 3.63) is 0 Å². The molecule has 1 rings (SSSR count). The van der Waals surface area contributed by atoms with Crippen LogP contribution in [0.2, 0.25) is 0 Å². The molecule has 19 heavy (non-hydrogen) atoms. The molecule has 0 heterocycles. The van der Waals surface area contributed by atoms with E-state index in [1.807, 2.05) is 0 Å². The SMILES string of the molecule is COC(=O)C1(N)CCC1(C(=O)C(C)N)C(=O)C(C)N. The maximum absolute atomic E-state index is 12.3. The third-order valence-electron chi connectivity index (χ3n) is 3.87. The zero-order valence-electron chi connectivity index (χ0n) is 11.4. The minimum absolute atomic E-state index is 0.166. The van der Waals surface area contributed by atoms with E-state index in [1.165, 1.54) is 13.8 Å². The quantitative estimate of drug-likeness (QED) is 0.407. The summed E-state index contributed by atoms with van der Waals surface area (Å²) < 4.78 is 4.62. The number of carbonyl (C=O) groups is 3. The van der Waals surface area contributed by atoms with E-state index in [4.69, 9.17) is 17.2 Å². The molecule has 108 valence electrons. The van der Waals surface area contributed by atoms with Crippen LogP contribution in [0.3, 0.4) is 0 Å². The molecule has 7 heteroatoms. The number of esters is 1. The van der Waals surface area contributed by atoms with Gasteiger partial charge < -0.3 is 21.9 Å². The van der Waals surface area contributed by atoms with Gasteiger partial charge in [0.15, 0.2) is 11.6 Å². The standard InChI is InChI=1S/C12H21N3O4/c1-6(13)8(16)11(9(17)7(2)14)4-5-12(11,15)10(18)19-3/h6-7H,4-5,13-15H2,1-3H3. The molecule has 0 aromatic rings. The summed E-state index contributed by atoms with van der Waals surface area (Å²) in [4.78, 5) is 36.5. The van der Waals surface area contributed by atoms with Gasteiger partial charge in [-0.15, -0.1) is 0 Å². The number of methoxy groups -OCH3 is 1. The summed E-state index contributed by atoms with van der Waals surface area (Å²) in [5.41, 5.74) is 13.8. The number of hydrogen-bond donors (Lipinski definition) is 3. The smallest absolute Gasteiger partial charge is 0.327 e. The Labute approximate surface area is 111 Å². The molecule has 0 saturated heterocycles. The number of hydrogen-bond acceptors (Lipinski definition) is 7. The van der Waals surface area contributed by atoms with Gasteiger partial charge in [0.2, 0.25) is 0 Å². The topological polar surface area (TPSA) is 138 Å². The molecule has 0 radical (unpaired) electrons. The summed E-state index contributed by atoms with van der Waals surface area (Å²) in [5.74, 6) is -1.91. The van der Waals surface area contributed by atoms with Gasteiger partial charge in [-0.3, -0.25) is 14.4 Å². The second-order valence-corrected chi connectivity index (χ2v) is 5.17. The first kappa shape index (κ1) is 15.7. The van der Waals surface area contributed by atoms with Gasteiger partial charge in [0.25, 0.3) is 0 Å². The number of rotatable bonds is 5. The normalized spacial score (nSPS) is 32.9. The molecule has 0 amide bonds. The molecule has 1 saturated carbocycles. The van der Waals surface area contributed by atoms with E-state index in [1.54, 1.807) is 0 Å². The summed E-state index contributed by atoms with van der Waals surface area (Å²) in [6, 6.07) is -1.81. The predicted molar refractivity (Wildman–Crippen MR) is 67.9 cm³/mol. The Balaban J connectivity index is 3.34. The van der Waals surface area contributed by atoms with E-state index < -0.39 is 40.6 Å². The predicted octanol–water partition coefficient (Wildman–Crippen LogP) is -1.53. The maximum Gasteiger partial charge on any atom is 0.327 e. The molecule has 0 aliphatic heterocycles. The molecule has 3 atom stereocenters. The number of carbonyl (C=O) groups excluding carboxylic acids is 3. The monoisotopic (exact) mass is 271 g/mol. The fourth-order valence-electron chi connectivity index (χ4n) is 2.69.